The Hall–Kier alpha value is -2.11. The van der Waals surface area contributed by atoms with E-state index < -0.39 is 4.92 Å². The summed E-state index contributed by atoms with van der Waals surface area (Å²) in [6, 6.07) is 4.31. The predicted octanol–water partition coefficient (Wildman–Crippen LogP) is 2.74. The topological polar surface area (TPSA) is 78.7 Å². The number of rotatable bonds is 6. The van der Waals surface area contributed by atoms with Gasteiger partial charge in [0.2, 0.25) is 0 Å². The highest BCUT2D eigenvalue weighted by atomic mass is 16.6. The van der Waals surface area contributed by atoms with Crippen LogP contribution in [0.25, 0.3) is 0 Å². The summed E-state index contributed by atoms with van der Waals surface area (Å²) in [6.45, 7) is -0.0336. The van der Waals surface area contributed by atoms with Crippen LogP contribution < -0.4 is 9.47 Å². The molecule has 1 aromatic rings. The molecule has 2 rings (SSSR count). The lowest BCUT2D eigenvalue weighted by Crippen LogP contribution is -2.19. The van der Waals surface area contributed by atoms with Crippen molar-refractivity contribution in [3.05, 3.63) is 28.3 Å². The molecule has 1 aliphatic carbocycles. The van der Waals surface area contributed by atoms with Crippen molar-refractivity contribution in [1.29, 1.82) is 0 Å². The van der Waals surface area contributed by atoms with Crippen LogP contribution in [0.4, 0.5) is 5.69 Å². The lowest BCUT2D eigenvalue weighted by atomic mass is 10.0. The molecule has 1 fully saturated rings. The molecule has 6 nitrogen and oxygen atoms in total. The molecule has 0 aromatic heterocycles. The van der Waals surface area contributed by atoms with Gasteiger partial charge in [-0.05, 0) is 25.0 Å². The van der Waals surface area contributed by atoms with Crippen LogP contribution in [-0.4, -0.2) is 24.4 Å². The number of nitrogens with zero attached hydrogens (tertiary/aromatic N) is 1. The summed E-state index contributed by atoms with van der Waals surface area (Å²) in [5, 5.41) is 10.9. The number of carbonyl (C=O) groups excluding carboxylic acids is 1. The predicted molar refractivity (Wildman–Crippen MR) is 72.1 cm³/mol. The van der Waals surface area contributed by atoms with Crippen molar-refractivity contribution >= 4 is 11.5 Å². The lowest BCUT2D eigenvalue weighted by Gasteiger charge is -2.10. The Morgan fingerprint density at radius 2 is 2.10 bits per heavy atom. The zero-order chi connectivity index (χ0) is 14.5. The fourth-order valence-electron chi connectivity index (χ4n) is 2.42. The second-order valence-electron chi connectivity index (χ2n) is 4.83. The molecule has 0 heterocycles. The summed E-state index contributed by atoms with van der Waals surface area (Å²) in [6.07, 6.45) is 4.02. The van der Waals surface area contributed by atoms with Gasteiger partial charge in [-0.25, -0.2) is 0 Å². The number of nitro benzene ring substituents is 1. The van der Waals surface area contributed by atoms with E-state index >= 15 is 0 Å². The quantitative estimate of drug-likeness (QED) is 0.591. The first-order valence-corrected chi connectivity index (χ1v) is 6.59. The van der Waals surface area contributed by atoms with Gasteiger partial charge in [0.05, 0.1) is 18.1 Å². The molecular formula is C14H17NO5. The minimum absolute atomic E-state index is 0.0336. The molecule has 1 aliphatic rings. The smallest absolute Gasteiger partial charge is 0.314 e. The molecular weight excluding hydrogens is 262 g/mol. The van der Waals surface area contributed by atoms with Crippen molar-refractivity contribution < 1.29 is 19.2 Å². The maximum atomic E-state index is 11.9. The Labute approximate surface area is 116 Å². The van der Waals surface area contributed by atoms with Gasteiger partial charge in [0.1, 0.15) is 12.4 Å². The average molecular weight is 279 g/mol. The molecule has 108 valence electrons. The van der Waals surface area contributed by atoms with Gasteiger partial charge in [0.25, 0.3) is 0 Å². The van der Waals surface area contributed by atoms with E-state index in [2.05, 4.69) is 0 Å². The third kappa shape index (κ3) is 3.26. The number of nitro groups is 1. The summed E-state index contributed by atoms with van der Waals surface area (Å²) < 4.78 is 10.3. The van der Waals surface area contributed by atoms with Crippen molar-refractivity contribution in [3.8, 4) is 11.5 Å². The van der Waals surface area contributed by atoms with Gasteiger partial charge in [-0.3, -0.25) is 14.9 Å². The van der Waals surface area contributed by atoms with E-state index in [9.17, 15) is 14.9 Å². The molecule has 0 spiro atoms. The SMILES string of the molecule is COc1ccc(OCC(=O)C2CCCC2)cc1[N+](=O)[O-]. The number of carbonyl (C=O) groups is 1. The fourth-order valence-corrected chi connectivity index (χ4v) is 2.42. The first kappa shape index (κ1) is 14.3. The van der Waals surface area contributed by atoms with E-state index in [4.69, 9.17) is 9.47 Å². The number of hydrogen-bond donors (Lipinski definition) is 0. The van der Waals surface area contributed by atoms with Crippen molar-refractivity contribution in [3.63, 3.8) is 0 Å². The Bertz CT molecular complexity index is 508. The maximum Gasteiger partial charge on any atom is 0.314 e. The number of methoxy groups -OCH3 is 1. The van der Waals surface area contributed by atoms with Crippen molar-refractivity contribution in [2.24, 2.45) is 5.92 Å². The van der Waals surface area contributed by atoms with Crippen molar-refractivity contribution in [1.82, 2.24) is 0 Å². The highest BCUT2D eigenvalue weighted by molar-refractivity contribution is 5.82. The summed E-state index contributed by atoms with van der Waals surface area (Å²) >= 11 is 0. The molecule has 0 atom stereocenters. The average Bonchev–Trinajstić information content (AvgIpc) is 2.98. The Morgan fingerprint density at radius 1 is 1.40 bits per heavy atom. The van der Waals surface area contributed by atoms with E-state index in [1.54, 1.807) is 6.07 Å². The first-order valence-electron chi connectivity index (χ1n) is 6.59. The number of benzene rings is 1. The van der Waals surface area contributed by atoms with Gasteiger partial charge in [-0.15, -0.1) is 0 Å². The van der Waals surface area contributed by atoms with Crippen LogP contribution in [0.1, 0.15) is 25.7 Å². The largest absolute Gasteiger partial charge is 0.490 e. The van der Waals surface area contributed by atoms with Crippen LogP contribution in [0, 0.1) is 16.0 Å². The van der Waals surface area contributed by atoms with E-state index in [0.717, 1.165) is 25.7 Å². The van der Waals surface area contributed by atoms with Crippen LogP contribution in [-0.2, 0) is 4.79 Å². The van der Waals surface area contributed by atoms with Crippen molar-refractivity contribution in [2.45, 2.75) is 25.7 Å². The van der Waals surface area contributed by atoms with Crippen LogP contribution in [0.3, 0.4) is 0 Å². The van der Waals surface area contributed by atoms with E-state index in [1.165, 1.54) is 19.2 Å². The van der Waals surface area contributed by atoms with Gasteiger partial charge in [-0.1, -0.05) is 12.8 Å². The van der Waals surface area contributed by atoms with E-state index in [1.807, 2.05) is 0 Å². The van der Waals surface area contributed by atoms with Gasteiger partial charge in [0.15, 0.2) is 11.5 Å². The monoisotopic (exact) mass is 279 g/mol. The molecule has 0 unspecified atom stereocenters. The maximum absolute atomic E-state index is 11.9. The minimum atomic E-state index is -0.537. The Kier molecular flexibility index (Phi) is 4.55. The zero-order valence-electron chi connectivity index (χ0n) is 11.3. The third-order valence-corrected chi connectivity index (χ3v) is 3.54. The number of ether oxygens (including phenoxy) is 2. The lowest BCUT2D eigenvalue weighted by molar-refractivity contribution is -0.385. The summed E-state index contributed by atoms with van der Waals surface area (Å²) in [5.41, 5.74) is -0.168. The second kappa shape index (κ2) is 6.36. The van der Waals surface area contributed by atoms with Crippen LogP contribution in [0.15, 0.2) is 18.2 Å². The number of hydrogen-bond acceptors (Lipinski definition) is 5. The molecule has 0 amide bonds. The van der Waals surface area contributed by atoms with Gasteiger partial charge < -0.3 is 9.47 Å². The zero-order valence-corrected chi connectivity index (χ0v) is 11.3. The molecule has 0 N–H and O–H groups in total. The molecule has 0 radical (unpaired) electrons. The van der Waals surface area contributed by atoms with Crippen molar-refractivity contribution in [2.75, 3.05) is 13.7 Å². The molecule has 6 heteroatoms. The highest BCUT2D eigenvalue weighted by Gasteiger charge is 2.23. The summed E-state index contributed by atoms with van der Waals surface area (Å²) in [4.78, 5) is 22.2. The van der Waals surface area contributed by atoms with Gasteiger partial charge >= 0.3 is 5.69 Å². The Balaban J connectivity index is 2.00. The van der Waals surface area contributed by atoms with E-state index in [-0.39, 0.29) is 29.7 Å². The summed E-state index contributed by atoms with van der Waals surface area (Å²) in [5.74, 6) is 0.637. The molecule has 20 heavy (non-hydrogen) atoms. The molecule has 0 bridgehead atoms. The summed E-state index contributed by atoms with van der Waals surface area (Å²) in [7, 11) is 1.37. The third-order valence-electron chi connectivity index (χ3n) is 3.54. The standard InChI is InChI=1S/C14H17NO5/c1-19-14-7-6-11(8-12(14)15(17)18)20-9-13(16)10-4-2-3-5-10/h6-8,10H,2-5,9H2,1H3. The van der Waals surface area contributed by atoms with E-state index in [0.29, 0.717) is 5.75 Å². The minimum Gasteiger partial charge on any atom is -0.490 e. The van der Waals surface area contributed by atoms with Gasteiger partial charge in [-0.2, -0.15) is 0 Å². The second-order valence-corrected chi connectivity index (χ2v) is 4.83. The van der Waals surface area contributed by atoms with Crippen LogP contribution >= 0.6 is 0 Å². The molecule has 0 aliphatic heterocycles. The van der Waals surface area contributed by atoms with Gasteiger partial charge in [0, 0.05) is 5.92 Å². The first-order chi connectivity index (χ1) is 9.61. The molecule has 1 saturated carbocycles. The fraction of sp³-hybridized carbons (Fsp3) is 0.500. The van der Waals surface area contributed by atoms with Crippen LogP contribution in [0.5, 0.6) is 11.5 Å². The van der Waals surface area contributed by atoms with Crippen LogP contribution in [0.2, 0.25) is 0 Å². The highest BCUT2D eigenvalue weighted by Crippen LogP contribution is 2.31. The molecule has 0 saturated heterocycles. The normalized spacial score (nSPS) is 15.1. The number of Topliss-reactive ketones (excluding diaryl/α,β-unsaturated/α-hetero) is 1. The Morgan fingerprint density at radius 3 is 2.70 bits per heavy atom. The number of ketones is 1. The molecule has 1 aromatic carbocycles.